The molecule has 1 amide bonds. The SMILES string of the molecule is Cc1ccc(C(=O)NC(C)Cc2cccc(Cl)c2)c(Br)c1. The summed E-state index contributed by atoms with van der Waals surface area (Å²) < 4.78 is 0.815. The Hall–Kier alpha value is -1.32. The summed E-state index contributed by atoms with van der Waals surface area (Å²) in [5.41, 5.74) is 2.88. The summed E-state index contributed by atoms with van der Waals surface area (Å²) in [4.78, 5) is 12.3. The lowest BCUT2D eigenvalue weighted by atomic mass is 10.1. The first-order valence-corrected chi connectivity index (χ1v) is 7.94. The van der Waals surface area contributed by atoms with Crippen molar-refractivity contribution in [3.8, 4) is 0 Å². The van der Waals surface area contributed by atoms with E-state index < -0.39 is 0 Å². The molecule has 1 atom stereocenters. The maximum Gasteiger partial charge on any atom is 0.252 e. The van der Waals surface area contributed by atoms with Gasteiger partial charge in [0.1, 0.15) is 0 Å². The van der Waals surface area contributed by atoms with Crippen LogP contribution < -0.4 is 5.32 Å². The Bertz CT molecular complexity index is 657. The number of carbonyl (C=O) groups is 1. The van der Waals surface area contributed by atoms with Crippen molar-refractivity contribution >= 4 is 33.4 Å². The minimum absolute atomic E-state index is 0.0316. The number of aryl methyl sites for hydroxylation is 1. The first-order valence-electron chi connectivity index (χ1n) is 6.77. The van der Waals surface area contributed by atoms with Crippen molar-refractivity contribution in [2.75, 3.05) is 0 Å². The standard InChI is InChI=1S/C17H17BrClNO/c1-11-6-7-15(16(18)8-11)17(21)20-12(2)9-13-4-3-5-14(19)10-13/h3-8,10,12H,9H2,1-2H3,(H,20,21). The quantitative estimate of drug-likeness (QED) is 0.829. The molecule has 2 aromatic rings. The number of rotatable bonds is 4. The summed E-state index contributed by atoms with van der Waals surface area (Å²) >= 11 is 9.41. The van der Waals surface area contributed by atoms with Crippen LogP contribution in [0.3, 0.4) is 0 Å². The van der Waals surface area contributed by atoms with E-state index >= 15 is 0 Å². The Labute approximate surface area is 138 Å². The first-order chi connectivity index (χ1) is 9.95. The first kappa shape index (κ1) is 16.1. The molecule has 2 nitrogen and oxygen atoms in total. The maximum absolute atomic E-state index is 12.3. The smallest absolute Gasteiger partial charge is 0.252 e. The van der Waals surface area contributed by atoms with E-state index in [0.29, 0.717) is 10.6 Å². The zero-order valence-electron chi connectivity index (χ0n) is 12.0. The molecule has 2 rings (SSSR count). The van der Waals surface area contributed by atoms with Gasteiger partial charge in [-0.3, -0.25) is 4.79 Å². The second kappa shape index (κ2) is 7.10. The topological polar surface area (TPSA) is 29.1 Å². The second-order valence-electron chi connectivity index (χ2n) is 5.19. The number of nitrogens with one attached hydrogen (secondary N) is 1. The van der Waals surface area contributed by atoms with Gasteiger partial charge in [-0.2, -0.15) is 0 Å². The Kier molecular flexibility index (Phi) is 5.43. The lowest BCUT2D eigenvalue weighted by Crippen LogP contribution is -2.34. The van der Waals surface area contributed by atoms with Crippen LogP contribution in [0.4, 0.5) is 0 Å². The minimum Gasteiger partial charge on any atom is -0.349 e. The van der Waals surface area contributed by atoms with Gasteiger partial charge in [0.2, 0.25) is 0 Å². The van der Waals surface area contributed by atoms with Crippen LogP contribution in [0, 0.1) is 6.92 Å². The van der Waals surface area contributed by atoms with Crippen LogP contribution in [0.1, 0.15) is 28.4 Å². The van der Waals surface area contributed by atoms with Crippen molar-refractivity contribution in [3.63, 3.8) is 0 Å². The van der Waals surface area contributed by atoms with E-state index in [-0.39, 0.29) is 11.9 Å². The van der Waals surface area contributed by atoms with Crippen molar-refractivity contribution in [3.05, 3.63) is 68.7 Å². The Balaban J connectivity index is 2.02. The van der Waals surface area contributed by atoms with Crippen LogP contribution in [-0.4, -0.2) is 11.9 Å². The molecule has 1 unspecified atom stereocenters. The lowest BCUT2D eigenvalue weighted by molar-refractivity contribution is 0.0939. The fourth-order valence-corrected chi connectivity index (χ4v) is 3.06. The van der Waals surface area contributed by atoms with E-state index in [1.165, 1.54) is 0 Å². The van der Waals surface area contributed by atoms with Gasteiger partial charge in [-0.05, 0) is 71.6 Å². The maximum atomic E-state index is 12.3. The van der Waals surface area contributed by atoms with Gasteiger partial charge in [0, 0.05) is 15.5 Å². The summed E-state index contributed by atoms with van der Waals surface area (Å²) in [5.74, 6) is -0.0728. The Morgan fingerprint density at radius 2 is 2.05 bits per heavy atom. The van der Waals surface area contributed by atoms with Crippen molar-refractivity contribution < 1.29 is 4.79 Å². The summed E-state index contributed by atoms with van der Waals surface area (Å²) in [7, 11) is 0. The monoisotopic (exact) mass is 365 g/mol. The molecule has 0 aliphatic heterocycles. The molecule has 0 aromatic heterocycles. The molecule has 0 aliphatic carbocycles. The third kappa shape index (κ3) is 4.58. The molecular weight excluding hydrogens is 350 g/mol. The highest BCUT2D eigenvalue weighted by Gasteiger charge is 2.13. The van der Waals surface area contributed by atoms with Crippen LogP contribution >= 0.6 is 27.5 Å². The zero-order chi connectivity index (χ0) is 15.4. The highest BCUT2D eigenvalue weighted by Crippen LogP contribution is 2.18. The molecule has 0 saturated carbocycles. The molecule has 21 heavy (non-hydrogen) atoms. The third-order valence-corrected chi connectivity index (χ3v) is 4.07. The second-order valence-corrected chi connectivity index (χ2v) is 6.48. The molecule has 0 saturated heterocycles. The predicted molar refractivity (Wildman–Crippen MR) is 91.0 cm³/mol. The Morgan fingerprint density at radius 3 is 2.71 bits per heavy atom. The molecule has 110 valence electrons. The third-order valence-electron chi connectivity index (χ3n) is 3.18. The van der Waals surface area contributed by atoms with Gasteiger partial charge in [0.25, 0.3) is 5.91 Å². The average molecular weight is 367 g/mol. The molecule has 0 radical (unpaired) electrons. The number of halogens is 2. The highest BCUT2D eigenvalue weighted by molar-refractivity contribution is 9.10. The number of benzene rings is 2. The molecule has 0 heterocycles. The number of carbonyl (C=O) groups excluding carboxylic acids is 1. The molecular formula is C17H17BrClNO. The minimum atomic E-state index is -0.0728. The van der Waals surface area contributed by atoms with E-state index in [0.717, 1.165) is 22.0 Å². The fraction of sp³-hybridized carbons (Fsp3) is 0.235. The van der Waals surface area contributed by atoms with Gasteiger partial charge in [-0.15, -0.1) is 0 Å². The molecule has 0 bridgehead atoms. The van der Waals surface area contributed by atoms with E-state index in [4.69, 9.17) is 11.6 Å². The number of hydrogen-bond acceptors (Lipinski definition) is 1. The molecule has 2 aromatic carbocycles. The molecule has 0 aliphatic rings. The number of amides is 1. The summed E-state index contributed by atoms with van der Waals surface area (Å²) in [6.45, 7) is 3.98. The Morgan fingerprint density at radius 1 is 1.29 bits per heavy atom. The van der Waals surface area contributed by atoms with E-state index in [9.17, 15) is 4.79 Å². The zero-order valence-corrected chi connectivity index (χ0v) is 14.3. The molecule has 4 heteroatoms. The van der Waals surface area contributed by atoms with Gasteiger partial charge in [0.15, 0.2) is 0 Å². The van der Waals surface area contributed by atoms with Crippen LogP contribution in [0.5, 0.6) is 0 Å². The van der Waals surface area contributed by atoms with E-state index in [1.807, 2.05) is 56.3 Å². The van der Waals surface area contributed by atoms with Crippen molar-refractivity contribution in [1.29, 1.82) is 0 Å². The predicted octanol–water partition coefficient (Wildman–Crippen LogP) is 4.77. The summed E-state index contributed by atoms with van der Waals surface area (Å²) in [6.07, 6.45) is 0.746. The van der Waals surface area contributed by atoms with Crippen molar-refractivity contribution in [1.82, 2.24) is 5.32 Å². The van der Waals surface area contributed by atoms with E-state index in [2.05, 4.69) is 21.2 Å². The van der Waals surface area contributed by atoms with Gasteiger partial charge in [-0.25, -0.2) is 0 Å². The summed E-state index contributed by atoms with van der Waals surface area (Å²) in [6, 6.07) is 13.4. The normalized spacial score (nSPS) is 12.0. The van der Waals surface area contributed by atoms with Crippen LogP contribution in [0.15, 0.2) is 46.9 Å². The highest BCUT2D eigenvalue weighted by atomic mass is 79.9. The molecule has 0 fully saturated rings. The van der Waals surface area contributed by atoms with Gasteiger partial charge >= 0.3 is 0 Å². The van der Waals surface area contributed by atoms with E-state index in [1.54, 1.807) is 0 Å². The van der Waals surface area contributed by atoms with Crippen LogP contribution in [0.2, 0.25) is 5.02 Å². The van der Waals surface area contributed by atoms with Gasteiger partial charge in [0.05, 0.1) is 5.56 Å². The number of hydrogen-bond donors (Lipinski definition) is 1. The average Bonchev–Trinajstić information content (AvgIpc) is 2.38. The molecule has 1 N–H and O–H groups in total. The lowest BCUT2D eigenvalue weighted by Gasteiger charge is -2.15. The van der Waals surface area contributed by atoms with Gasteiger partial charge in [-0.1, -0.05) is 29.8 Å². The largest absolute Gasteiger partial charge is 0.349 e. The van der Waals surface area contributed by atoms with Crippen LogP contribution in [-0.2, 0) is 6.42 Å². The van der Waals surface area contributed by atoms with Crippen molar-refractivity contribution in [2.45, 2.75) is 26.3 Å². The fourth-order valence-electron chi connectivity index (χ4n) is 2.17. The van der Waals surface area contributed by atoms with Crippen LogP contribution in [0.25, 0.3) is 0 Å². The molecule has 0 spiro atoms. The van der Waals surface area contributed by atoms with Crippen molar-refractivity contribution in [2.24, 2.45) is 0 Å². The van der Waals surface area contributed by atoms with Gasteiger partial charge < -0.3 is 5.32 Å². The summed E-state index contributed by atoms with van der Waals surface area (Å²) in [5, 5.41) is 3.73.